The van der Waals surface area contributed by atoms with E-state index in [0.29, 0.717) is 0 Å². The number of hydrogen-bond acceptors (Lipinski definition) is 4. The molecule has 0 amide bonds. The highest BCUT2D eigenvalue weighted by Crippen LogP contribution is 2.41. The summed E-state index contributed by atoms with van der Waals surface area (Å²) < 4.78 is 4.70. The molecule has 4 aromatic heterocycles. The minimum atomic E-state index is -0.908. The first kappa shape index (κ1) is 28.2. The van der Waals surface area contributed by atoms with E-state index < -0.39 is 9.52 Å². The Morgan fingerprint density at radius 2 is 1.00 bits per heavy atom. The predicted molar refractivity (Wildman–Crippen MR) is 210 cm³/mol. The lowest BCUT2D eigenvalue weighted by Crippen LogP contribution is -2.25. The molecule has 1 aliphatic rings. The molecule has 0 saturated carbocycles. The highest BCUT2D eigenvalue weighted by molar-refractivity contribution is 6.73. The molecule has 0 fully saturated rings. The Balaban J connectivity index is 1.11. The Hall–Kier alpha value is -6.70. The Kier molecular flexibility index (Phi) is 6.02. The zero-order valence-corrected chi connectivity index (χ0v) is 28.8. The van der Waals surface area contributed by atoms with E-state index in [-0.39, 0.29) is 0 Å². The van der Waals surface area contributed by atoms with Gasteiger partial charge in [0.05, 0.1) is 27.4 Å². The van der Waals surface area contributed by atoms with Gasteiger partial charge in [-0.3, -0.25) is 4.98 Å². The normalized spacial score (nSPS) is 12.7. The van der Waals surface area contributed by atoms with E-state index in [0.717, 1.165) is 50.2 Å². The standard InChI is InChI=1S/C44H28N6Si/c1-3-11-29(12-4-1)49-36-17-9-7-15-31(36)33-23-27(19-21-38(33)49)35-25-45-26-40-41(35)42-43(46-48-47-44(42)51-40)28-20-22-39-34(24-28)32-16-8-10-18-37(32)50(39)30-13-5-2-6-14-30/h1-26H,51H2. The van der Waals surface area contributed by atoms with Crippen molar-refractivity contribution in [1.82, 2.24) is 29.5 Å². The van der Waals surface area contributed by atoms with E-state index in [1.807, 2.05) is 12.4 Å². The van der Waals surface area contributed by atoms with Crippen LogP contribution in [0.4, 0.5) is 0 Å². The van der Waals surface area contributed by atoms with Gasteiger partial charge in [-0.2, -0.15) is 0 Å². The first-order chi connectivity index (χ1) is 25.3. The number of para-hydroxylation sites is 4. The minimum absolute atomic E-state index is 0.874. The van der Waals surface area contributed by atoms with Crippen molar-refractivity contribution in [3.8, 4) is 44.9 Å². The number of nitrogens with zero attached hydrogens (tertiary/aromatic N) is 6. The van der Waals surface area contributed by atoms with Crippen molar-refractivity contribution >= 4 is 63.6 Å². The molecule has 0 unspecified atom stereocenters. The van der Waals surface area contributed by atoms with Gasteiger partial charge in [0.15, 0.2) is 0 Å². The summed E-state index contributed by atoms with van der Waals surface area (Å²) in [5.74, 6) is 0. The molecule has 0 saturated heterocycles. The SMILES string of the molecule is c1ccc(-n2c3ccccc3c3cc(-c4cncc5c4-c4c(nnnc4-c4ccc6c(c4)c4ccccc4n6-c4ccccc4)[SiH2]5)ccc32)cc1. The van der Waals surface area contributed by atoms with Gasteiger partial charge in [0.2, 0.25) is 0 Å². The van der Waals surface area contributed by atoms with Crippen LogP contribution in [0.3, 0.4) is 0 Å². The van der Waals surface area contributed by atoms with Gasteiger partial charge in [-0.15, -0.1) is 10.2 Å². The number of pyridine rings is 1. The number of benzene rings is 6. The van der Waals surface area contributed by atoms with Crippen LogP contribution in [0.25, 0.3) is 88.5 Å². The average Bonchev–Trinajstić information content (AvgIpc) is 3.86. The lowest BCUT2D eigenvalue weighted by atomic mass is 9.93. The van der Waals surface area contributed by atoms with Gasteiger partial charge in [-0.25, -0.2) is 0 Å². The molecule has 238 valence electrons. The number of rotatable bonds is 4. The van der Waals surface area contributed by atoms with Gasteiger partial charge in [-0.05, 0) is 82.2 Å². The summed E-state index contributed by atoms with van der Waals surface area (Å²) in [5.41, 5.74) is 13.4. The van der Waals surface area contributed by atoms with Gasteiger partial charge >= 0.3 is 0 Å². The van der Waals surface area contributed by atoms with Crippen LogP contribution in [0.2, 0.25) is 0 Å². The van der Waals surface area contributed by atoms with E-state index in [1.165, 1.54) is 48.8 Å². The van der Waals surface area contributed by atoms with Crippen molar-refractivity contribution in [2.24, 2.45) is 0 Å². The molecule has 0 atom stereocenters. The zero-order chi connectivity index (χ0) is 33.5. The third kappa shape index (κ3) is 4.16. The van der Waals surface area contributed by atoms with Crippen LogP contribution in [-0.2, 0) is 0 Å². The second-order valence-electron chi connectivity index (χ2n) is 13.2. The molecule has 0 N–H and O–H groups in total. The van der Waals surface area contributed by atoms with E-state index >= 15 is 0 Å². The summed E-state index contributed by atoms with van der Waals surface area (Å²) >= 11 is 0. The molecular weight excluding hydrogens is 641 g/mol. The van der Waals surface area contributed by atoms with Crippen molar-refractivity contribution < 1.29 is 0 Å². The van der Waals surface area contributed by atoms with E-state index in [1.54, 1.807) is 0 Å². The van der Waals surface area contributed by atoms with Crippen LogP contribution >= 0.6 is 0 Å². The molecule has 51 heavy (non-hydrogen) atoms. The highest BCUT2D eigenvalue weighted by Gasteiger charge is 2.29. The van der Waals surface area contributed by atoms with E-state index in [9.17, 15) is 0 Å². The van der Waals surface area contributed by atoms with Gasteiger partial charge in [0.1, 0.15) is 15.2 Å². The third-order valence-corrected chi connectivity index (χ3v) is 12.2. The molecule has 5 heterocycles. The minimum Gasteiger partial charge on any atom is -0.309 e. The van der Waals surface area contributed by atoms with Gasteiger partial charge in [0, 0.05) is 62.0 Å². The molecule has 7 heteroatoms. The van der Waals surface area contributed by atoms with Gasteiger partial charge in [-0.1, -0.05) is 84.9 Å². The first-order valence-corrected chi connectivity index (χ1v) is 18.6. The Bertz CT molecular complexity index is 2800. The molecule has 0 radical (unpaired) electrons. The van der Waals surface area contributed by atoms with Crippen molar-refractivity contribution in [3.63, 3.8) is 0 Å². The molecule has 11 rings (SSSR count). The summed E-state index contributed by atoms with van der Waals surface area (Å²) in [4.78, 5) is 4.78. The first-order valence-electron chi connectivity index (χ1n) is 17.2. The second-order valence-corrected chi connectivity index (χ2v) is 15.0. The summed E-state index contributed by atoms with van der Waals surface area (Å²) in [7, 11) is -0.908. The van der Waals surface area contributed by atoms with Crippen LogP contribution < -0.4 is 10.5 Å². The fourth-order valence-corrected chi connectivity index (χ4v) is 10.0. The lowest BCUT2D eigenvalue weighted by Gasteiger charge is -2.13. The van der Waals surface area contributed by atoms with Gasteiger partial charge < -0.3 is 9.13 Å². The van der Waals surface area contributed by atoms with Crippen LogP contribution in [-0.4, -0.2) is 39.0 Å². The van der Waals surface area contributed by atoms with Crippen LogP contribution in [0.1, 0.15) is 0 Å². The monoisotopic (exact) mass is 668 g/mol. The lowest BCUT2D eigenvalue weighted by molar-refractivity contribution is 0.891. The number of fused-ring (bicyclic) bond motifs is 9. The topological polar surface area (TPSA) is 61.4 Å². The number of hydrogen-bond donors (Lipinski definition) is 0. The maximum Gasteiger partial charge on any atom is 0.117 e. The van der Waals surface area contributed by atoms with Crippen LogP contribution in [0, 0.1) is 0 Å². The van der Waals surface area contributed by atoms with Gasteiger partial charge in [0.25, 0.3) is 0 Å². The average molecular weight is 669 g/mol. The fraction of sp³-hybridized carbons (Fsp3) is 0. The molecule has 6 nitrogen and oxygen atoms in total. The smallest absolute Gasteiger partial charge is 0.117 e. The summed E-state index contributed by atoms with van der Waals surface area (Å²) in [5, 5.41) is 20.9. The maximum absolute atomic E-state index is 4.78. The van der Waals surface area contributed by atoms with Crippen molar-refractivity contribution in [2.75, 3.05) is 0 Å². The van der Waals surface area contributed by atoms with Crippen LogP contribution in [0.5, 0.6) is 0 Å². The molecule has 6 aromatic carbocycles. The molecule has 0 spiro atoms. The highest BCUT2D eigenvalue weighted by atomic mass is 28.2. The quantitative estimate of drug-likeness (QED) is 0.179. The van der Waals surface area contributed by atoms with Crippen molar-refractivity contribution in [3.05, 3.63) is 158 Å². The molecule has 10 aromatic rings. The summed E-state index contributed by atoms with van der Waals surface area (Å²) in [6.07, 6.45) is 4.05. The van der Waals surface area contributed by atoms with Crippen molar-refractivity contribution in [1.29, 1.82) is 0 Å². The third-order valence-electron chi connectivity index (χ3n) is 10.4. The molecule has 1 aliphatic heterocycles. The molecular formula is C44H28N6Si. The van der Waals surface area contributed by atoms with E-state index in [2.05, 4.69) is 165 Å². The Morgan fingerprint density at radius 3 is 1.65 bits per heavy atom. The van der Waals surface area contributed by atoms with E-state index in [4.69, 9.17) is 10.1 Å². The largest absolute Gasteiger partial charge is 0.309 e. The van der Waals surface area contributed by atoms with Crippen molar-refractivity contribution in [2.45, 2.75) is 0 Å². The Labute approximate surface area is 295 Å². The number of aromatic nitrogens is 6. The summed E-state index contributed by atoms with van der Waals surface area (Å²) in [6.45, 7) is 0. The summed E-state index contributed by atoms with van der Waals surface area (Å²) in [6, 6.07) is 52.0. The Morgan fingerprint density at radius 1 is 0.451 bits per heavy atom. The zero-order valence-electron chi connectivity index (χ0n) is 27.4. The molecule has 0 aliphatic carbocycles. The van der Waals surface area contributed by atoms with Crippen LogP contribution in [0.15, 0.2) is 158 Å². The second kappa shape index (κ2) is 10.9. The predicted octanol–water partition coefficient (Wildman–Crippen LogP) is 7.89. The fourth-order valence-electron chi connectivity index (χ4n) is 8.25. The molecule has 0 bridgehead atoms. The maximum atomic E-state index is 4.78.